The SMILES string of the molecule is C#Cc1ccsc1-c1c(C)c(C(=O)OCC)nn1-c1ccc(Cl)cc1Cl.C1CCCC1. The molecule has 0 atom stereocenters. The number of thiophene rings is 1. The number of hydrogen-bond acceptors (Lipinski definition) is 4. The first-order valence-electron chi connectivity index (χ1n) is 10.2. The van der Waals surface area contributed by atoms with E-state index in [1.54, 1.807) is 29.8 Å². The van der Waals surface area contributed by atoms with E-state index < -0.39 is 5.97 Å². The molecule has 0 aliphatic heterocycles. The molecule has 0 saturated heterocycles. The fourth-order valence-electron chi connectivity index (χ4n) is 3.47. The normalized spacial score (nSPS) is 12.7. The van der Waals surface area contributed by atoms with E-state index in [1.807, 2.05) is 18.4 Å². The van der Waals surface area contributed by atoms with Gasteiger partial charge >= 0.3 is 5.97 Å². The standard InChI is InChI=1S/C19H14Cl2N2O2S.C5H10/c1-4-12-8-9-26-18(12)17-11(3)16(19(24)25-5-2)22-23(17)15-7-6-13(20)10-14(15)21;1-2-4-5-3-1/h1,6-10H,5H2,2-3H3;1-5H2. The average Bonchev–Trinajstić information content (AvgIpc) is 3.50. The van der Waals surface area contributed by atoms with Gasteiger partial charge in [-0.3, -0.25) is 0 Å². The van der Waals surface area contributed by atoms with Gasteiger partial charge in [-0.2, -0.15) is 5.10 Å². The van der Waals surface area contributed by atoms with Gasteiger partial charge in [-0.05, 0) is 43.5 Å². The minimum Gasteiger partial charge on any atom is -0.461 e. The van der Waals surface area contributed by atoms with Crippen molar-refractivity contribution in [2.75, 3.05) is 6.61 Å². The number of esters is 1. The Kier molecular flexibility index (Phi) is 8.20. The van der Waals surface area contributed by atoms with Gasteiger partial charge in [0.25, 0.3) is 0 Å². The number of nitrogens with zero attached hydrogens (tertiary/aromatic N) is 2. The fourth-order valence-corrected chi connectivity index (χ4v) is 4.91. The molecule has 0 amide bonds. The van der Waals surface area contributed by atoms with E-state index in [9.17, 15) is 4.79 Å². The summed E-state index contributed by atoms with van der Waals surface area (Å²) in [4.78, 5) is 13.2. The van der Waals surface area contributed by atoms with Crippen LogP contribution in [0.15, 0.2) is 29.6 Å². The molecule has 0 radical (unpaired) electrons. The van der Waals surface area contributed by atoms with Gasteiger partial charge in [-0.25, -0.2) is 9.48 Å². The van der Waals surface area contributed by atoms with Crippen molar-refractivity contribution in [2.45, 2.75) is 46.0 Å². The Morgan fingerprint density at radius 3 is 2.48 bits per heavy atom. The average molecular weight is 475 g/mol. The molecule has 1 saturated carbocycles. The van der Waals surface area contributed by atoms with E-state index in [4.69, 9.17) is 34.4 Å². The molecule has 31 heavy (non-hydrogen) atoms. The van der Waals surface area contributed by atoms with Crippen molar-refractivity contribution < 1.29 is 9.53 Å². The molecule has 2 aromatic heterocycles. The number of terminal acetylenes is 1. The molecular weight excluding hydrogens is 451 g/mol. The van der Waals surface area contributed by atoms with E-state index in [1.165, 1.54) is 43.4 Å². The van der Waals surface area contributed by atoms with Crippen LogP contribution in [0.1, 0.15) is 60.6 Å². The van der Waals surface area contributed by atoms with Crippen LogP contribution in [0.2, 0.25) is 10.0 Å². The van der Waals surface area contributed by atoms with Crippen molar-refractivity contribution in [1.29, 1.82) is 0 Å². The topological polar surface area (TPSA) is 44.1 Å². The van der Waals surface area contributed by atoms with Crippen LogP contribution in [0.5, 0.6) is 0 Å². The second kappa shape index (κ2) is 10.9. The van der Waals surface area contributed by atoms with Gasteiger partial charge in [0, 0.05) is 16.1 Å². The largest absolute Gasteiger partial charge is 0.461 e. The number of carbonyl (C=O) groups is 1. The molecule has 4 nitrogen and oxygen atoms in total. The van der Waals surface area contributed by atoms with Gasteiger partial charge in [-0.1, -0.05) is 61.2 Å². The van der Waals surface area contributed by atoms with Crippen molar-refractivity contribution in [2.24, 2.45) is 0 Å². The summed E-state index contributed by atoms with van der Waals surface area (Å²) in [5, 5.41) is 7.29. The van der Waals surface area contributed by atoms with Gasteiger partial charge in [0.05, 0.1) is 27.9 Å². The number of rotatable bonds is 4. The lowest BCUT2D eigenvalue weighted by Gasteiger charge is -2.10. The smallest absolute Gasteiger partial charge is 0.359 e. The zero-order valence-electron chi connectivity index (χ0n) is 17.6. The van der Waals surface area contributed by atoms with E-state index in [2.05, 4.69) is 11.0 Å². The first-order valence-corrected chi connectivity index (χ1v) is 11.9. The maximum Gasteiger partial charge on any atom is 0.359 e. The van der Waals surface area contributed by atoms with Gasteiger partial charge in [0.2, 0.25) is 0 Å². The summed E-state index contributed by atoms with van der Waals surface area (Å²) in [6.07, 6.45) is 13.1. The highest BCUT2D eigenvalue weighted by molar-refractivity contribution is 7.13. The minimum absolute atomic E-state index is 0.226. The van der Waals surface area contributed by atoms with Crippen molar-refractivity contribution in [1.82, 2.24) is 9.78 Å². The van der Waals surface area contributed by atoms with Gasteiger partial charge in [0.1, 0.15) is 0 Å². The van der Waals surface area contributed by atoms with E-state index >= 15 is 0 Å². The molecule has 162 valence electrons. The summed E-state index contributed by atoms with van der Waals surface area (Å²) in [5.74, 6) is 2.17. The number of aromatic nitrogens is 2. The zero-order chi connectivity index (χ0) is 22.4. The Bertz CT molecular complexity index is 1100. The van der Waals surface area contributed by atoms with Crippen LogP contribution in [0, 0.1) is 19.3 Å². The third kappa shape index (κ3) is 5.33. The van der Waals surface area contributed by atoms with Crippen molar-refractivity contribution in [3.8, 4) is 28.6 Å². The molecular formula is C24H24Cl2N2O2S. The molecule has 0 bridgehead atoms. The molecule has 1 aliphatic rings. The van der Waals surface area contributed by atoms with Crippen molar-refractivity contribution in [3.05, 3.63) is 56.5 Å². The molecule has 0 spiro atoms. The molecule has 7 heteroatoms. The lowest BCUT2D eigenvalue weighted by Crippen LogP contribution is -2.08. The summed E-state index contributed by atoms with van der Waals surface area (Å²) in [7, 11) is 0. The van der Waals surface area contributed by atoms with Crippen LogP contribution in [0.4, 0.5) is 0 Å². The third-order valence-electron chi connectivity index (χ3n) is 5.01. The lowest BCUT2D eigenvalue weighted by atomic mass is 10.1. The van der Waals surface area contributed by atoms with E-state index in [0.29, 0.717) is 27.0 Å². The number of halogens is 2. The van der Waals surface area contributed by atoms with Crippen molar-refractivity contribution in [3.63, 3.8) is 0 Å². The first-order chi connectivity index (χ1) is 15.0. The van der Waals surface area contributed by atoms with Crippen LogP contribution in [-0.2, 0) is 4.74 Å². The molecule has 1 fully saturated rings. The monoisotopic (exact) mass is 474 g/mol. The van der Waals surface area contributed by atoms with Gasteiger partial charge in [-0.15, -0.1) is 17.8 Å². The lowest BCUT2D eigenvalue weighted by molar-refractivity contribution is 0.0518. The highest BCUT2D eigenvalue weighted by Crippen LogP contribution is 2.37. The number of hydrogen-bond donors (Lipinski definition) is 0. The Morgan fingerprint density at radius 2 is 1.90 bits per heavy atom. The van der Waals surface area contributed by atoms with Crippen molar-refractivity contribution >= 4 is 40.5 Å². The van der Waals surface area contributed by atoms with Crippen LogP contribution < -0.4 is 0 Å². The molecule has 1 aliphatic carbocycles. The van der Waals surface area contributed by atoms with E-state index in [0.717, 1.165) is 10.4 Å². The zero-order valence-corrected chi connectivity index (χ0v) is 19.9. The molecule has 2 heterocycles. The summed E-state index contributed by atoms with van der Waals surface area (Å²) in [6.45, 7) is 3.82. The number of carbonyl (C=O) groups excluding carboxylic acids is 1. The van der Waals surface area contributed by atoms with Crippen LogP contribution in [-0.4, -0.2) is 22.4 Å². The minimum atomic E-state index is -0.492. The van der Waals surface area contributed by atoms with Gasteiger partial charge < -0.3 is 4.74 Å². The molecule has 1 aromatic carbocycles. The Hall–Kier alpha value is -2.26. The Morgan fingerprint density at radius 1 is 1.23 bits per heavy atom. The van der Waals surface area contributed by atoms with Crippen LogP contribution in [0.3, 0.4) is 0 Å². The van der Waals surface area contributed by atoms with Gasteiger partial charge in [0.15, 0.2) is 5.69 Å². The fraction of sp³-hybridized carbons (Fsp3) is 0.333. The maximum absolute atomic E-state index is 12.3. The third-order valence-corrected chi connectivity index (χ3v) is 6.47. The molecule has 0 N–H and O–H groups in total. The van der Waals surface area contributed by atoms with E-state index in [-0.39, 0.29) is 12.3 Å². The second-order valence-corrected chi connectivity index (χ2v) is 8.89. The molecule has 0 unspecified atom stereocenters. The summed E-state index contributed by atoms with van der Waals surface area (Å²) < 4.78 is 6.75. The number of benzene rings is 1. The summed E-state index contributed by atoms with van der Waals surface area (Å²) >= 11 is 13.9. The second-order valence-electron chi connectivity index (χ2n) is 7.13. The Labute approximate surface area is 197 Å². The summed E-state index contributed by atoms with van der Waals surface area (Å²) in [5.41, 5.74) is 2.93. The summed E-state index contributed by atoms with van der Waals surface area (Å²) in [6, 6.07) is 6.94. The predicted molar refractivity (Wildman–Crippen MR) is 129 cm³/mol. The molecule has 3 aromatic rings. The quantitative estimate of drug-likeness (QED) is 0.293. The first kappa shape index (κ1) is 23.4. The predicted octanol–water partition coefficient (Wildman–Crippen LogP) is 7.32. The molecule has 4 rings (SSSR count). The van der Waals surface area contributed by atoms with Crippen LogP contribution in [0.25, 0.3) is 16.3 Å². The number of ether oxygens (including phenoxy) is 1. The maximum atomic E-state index is 12.3. The highest BCUT2D eigenvalue weighted by Gasteiger charge is 2.25. The highest BCUT2D eigenvalue weighted by atomic mass is 35.5. The van der Waals surface area contributed by atoms with Crippen LogP contribution >= 0.6 is 34.5 Å². The Balaban J connectivity index is 0.000000478.